The lowest BCUT2D eigenvalue weighted by Crippen LogP contribution is -2.37. The van der Waals surface area contributed by atoms with Crippen LogP contribution in [0.15, 0.2) is 18.2 Å². The van der Waals surface area contributed by atoms with Gasteiger partial charge in [-0.05, 0) is 24.6 Å². The highest BCUT2D eigenvalue weighted by Gasteiger charge is 2.17. The Morgan fingerprint density at radius 3 is 2.63 bits per heavy atom. The van der Waals surface area contributed by atoms with Gasteiger partial charge >= 0.3 is 0 Å². The van der Waals surface area contributed by atoms with Crippen molar-refractivity contribution in [1.82, 2.24) is 0 Å². The number of hydrogen-bond acceptors (Lipinski definition) is 4. The van der Waals surface area contributed by atoms with E-state index in [0.717, 1.165) is 6.26 Å². The van der Waals surface area contributed by atoms with Gasteiger partial charge in [-0.15, -0.1) is 0 Å². The molecule has 0 aromatic heterocycles. The zero-order chi connectivity index (χ0) is 14.6. The molecule has 0 aliphatic heterocycles. The Morgan fingerprint density at radius 2 is 2.05 bits per heavy atom. The molecular weight excluding hydrogens is 311 g/mol. The number of benzene rings is 1. The van der Waals surface area contributed by atoms with E-state index in [1.807, 2.05) is 0 Å². The van der Waals surface area contributed by atoms with Crippen molar-refractivity contribution in [3.63, 3.8) is 0 Å². The summed E-state index contributed by atoms with van der Waals surface area (Å²) in [5, 5.41) is 3.26. The van der Waals surface area contributed by atoms with E-state index in [1.165, 1.54) is 6.07 Å². The fraction of sp³-hybridized carbons (Fsp3) is 0.364. The highest BCUT2D eigenvalue weighted by Crippen LogP contribution is 2.25. The highest BCUT2D eigenvalue weighted by atomic mass is 35.5. The van der Waals surface area contributed by atoms with Gasteiger partial charge in [-0.3, -0.25) is 4.79 Å². The van der Waals surface area contributed by atoms with Crippen molar-refractivity contribution >= 4 is 44.6 Å². The average molecular weight is 325 g/mol. The van der Waals surface area contributed by atoms with E-state index in [9.17, 15) is 13.2 Å². The van der Waals surface area contributed by atoms with Gasteiger partial charge < -0.3 is 11.1 Å². The molecule has 0 aliphatic rings. The quantitative estimate of drug-likeness (QED) is 0.862. The first-order valence-corrected chi connectivity index (χ1v) is 8.20. The van der Waals surface area contributed by atoms with E-state index < -0.39 is 21.8 Å². The molecule has 1 amide bonds. The summed E-state index contributed by atoms with van der Waals surface area (Å²) in [5.74, 6) is -0.655. The molecule has 1 rings (SSSR count). The predicted octanol–water partition coefficient (Wildman–Crippen LogP) is 1.69. The predicted molar refractivity (Wildman–Crippen MR) is 77.4 cm³/mol. The summed E-state index contributed by atoms with van der Waals surface area (Å²) in [6, 6.07) is 3.69. The number of nitrogens with two attached hydrogens (primary N) is 1. The van der Waals surface area contributed by atoms with Crippen LogP contribution in [-0.4, -0.2) is 32.4 Å². The molecule has 0 aliphatic carbocycles. The zero-order valence-electron chi connectivity index (χ0n) is 10.2. The first-order chi connectivity index (χ1) is 8.69. The highest BCUT2D eigenvalue weighted by molar-refractivity contribution is 7.90. The minimum absolute atomic E-state index is 0.0445. The number of hydrogen-bond donors (Lipinski definition) is 2. The van der Waals surface area contributed by atoms with Crippen LogP contribution in [0.2, 0.25) is 10.0 Å². The standard InChI is InChI=1S/C11H14Cl2N2O3S/c1-19(17,18)5-4-9(14)11(16)15-10-6-7(12)2-3-8(10)13/h2-3,6,9H,4-5,14H2,1H3,(H,15,16). The molecule has 0 saturated heterocycles. The van der Waals surface area contributed by atoms with Crippen molar-refractivity contribution in [2.45, 2.75) is 12.5 Å². The Labute approximate surface area is 122 Å². The fourth-order valence-electron chi connectivity index (χ4n) is 1.29. The van der Waals surface area contributed by atoms with Crippen molar-refractivity contribution < 1.29 is 13.2 Å². The van der Waals surface area contributed by atoms with E-state index in [0.29, 0.717) is 15.7 Å². The van der Waals surface area contributed by atoms with Crippen LogP contribution in [-0.2, 0) is 14.6 Å². The molecule has 0 heterocycles. The summed E-state index contributed by atoms with van der Waals surface area (Å²) in [4.78, 5) is 11.8. The number of rotatable bonds is 5. The molecule has 19 heavy (non-hydrogen) atoms. The largest absolute Gasteiger partial charge is 0.323 e. The lowest BCUT2D eigenvalue weighted by molar-refractivity contribution is -0.117. The normalized spacial score (nSPS) is 13.1. The summed E-state index contributed by atoms with van der Waals surface area (Å²) in [6.45, 7) is 0. The van der Waals surface area contributed by atoms with Crippen LogP contribution in [0, 0.1) is 0 Å². The van der Waals surface area contributed by atoms with E-state index in [4.69, 9.17) is 28.9 Å². The SMILES string of the molecule is CS(=O)(=O)CCC(N)C(=O)Nc1cc(Cl)ccc1Cl. The molecule has 8 heteroatoms. The number of carbonyl (C=O) groups is 1. The van der Waals surface area contributed by atoms with Crippen LogP contribution in [0.4, 0.5) is 5.69 Å². The smallest absolute Gasteiger partial charge is 0.241 e. The molecule has 1 unspecified atom stereocenters. The minimum atomic E-state index is -3.15. The lowest BCUT2D eigenvalue weighted by Gasteiger charge is -2.12. The van der Waals surface area contributed by atoms with E-state index >= 15 is 0 Å². The number of sulfone groups is 1. The van der Waals surface area contributed by atoms with Crippen LogP contribution in [0.1, 0.15) is 6.42 Å². The third-order valence-electron chi connectivity index (χ3n) is 2.32. The number of amides is 1. The van der Waals surface area contributed by atoms with Crippen LogP contribution in [0.5, 0.6) is 0 Å². The van der Waals surface area contributed by atoms with Gasteiger partial charge in [0.1, 0.15) is 9.84 Å². The van der Waals surface area contributed by atoms with Crippen LogP contribution in [0.25, 0.3) is 0 Å². The second-order valence-electron chi connectivity index (χ2n) is 4.14. The van der Waals surface area contributed by atoms with Crippen molar-refractivity contribution in [3.8, 4) is 0 Å². The topological polar surface area (TPSA) is 89.3 Å². The molecule has 3 N–H and O–H groups in total. The van der Waals surface area contributed by atoms with E-state index in [2.05, 4.69) is 5.32 Å². The number of nitrogens with one attached hydrogen (secondary N) is 1. The van der Waals surface area contributed by atoms with E-state index in [-0.39, 0.29) is 12.2 Å². The molecule has 0 spiro atoms. The van der Waals surface area contributed by atoms with Gasteiger partial charge in [0.25, 0.3) is 0 Å². The lowest BCUT2D eigenvalue weighted by atomic mass is 10.2. The molecule has 106 valence electrons. The Morgan fingerprint density at radius 1 is 1.42 bits per heavy atom. The summed E-state index contributed by atoms with van der Waals surface area (Å²) in [5.41, 5.74) is 5.95. The summed E-state index contributed by atoms with van der Waals surface area (Å²) >= 11 is 11.7. The van der Waals surface area contributed by atoms with Gasteiger partial charge in [-0.25, -0.2) is 8.42 Å². The molecule has 0 fully saturated rings. The molecule has 1 atom stereocenters. The minimum Gasteiger partial charge on any atom is -0.323 e. The third kappa shape index (κ3) is 5.78. The third-order valence-corrected chi connectivity index (χ3v) is 3.86. The van der Waals surface area contributed by atoms with E-state index in [1.54, 1.807) is 12.1 Å². The number of halogens is 2. The second-order valence-corrected chi connectivity index (χ2v) is 7.24. The van der Waals surface area contributed by atoms with Gasteiger partial charge in [0.05, 0.1) is 22.5 Å². The van der Waals surface area contributed by atoms with Gasteiger partial charge in [0.2, 0.25) is 5.91 Å². The van der Waals surface area contributed by atoms with Crippen LogP contribution in [0.3, 0.4) is 0 Å². The van der Waals surface area contributed by atoms with Gasteiger partial charge in [-0.2, -0.15) is 0 Å². The second kappa shape index (κ2) is 6.56. The van der Waals surface area contributed by atoms with Gasteiger partial charge in [0.15, 0.2) is 0 Å². The monoisotopic (exact) mass is 324 g/mol. The van der Waals surface area contributed by atoms with Gasteiger partial charge in [0, 0.05) is 11.3 Å². The summed E-state index contributed by atoms with van der Waals surface area (Å²) < 4.78 is 22.0. The molecule has 0 saturated carbocycles. The Hall–Kier alpha value is -0.820. The first-order valence-electron chi connectivity index (χ1n) is 5.38. The fourth-order valence-corrected chi connectivity index (χ4v) is 2.31. The maximum atomic E-state index is 11.8. The zero-order valence-corrected chi connectivity index (χ0v) is 12.5. The van der Waals surface area contributed by atoms with Crippen LogP contribution < -0.4 is 11.1 Å². The Balaban J connectivity index is 2.66. The Bertz CT molecular complexity index is 575. The van der Waals surface area contributed by atoms with Crippen molar-refractivity contribution in [2.75, 3.05) is 17.3 Å². The molecule has 0 bridgehead atoms. The van der Waals surface area contributed by atoms with Crippen molar-refractivity contribution in [3.05, 3.63) is 28.2 Å². The summed E-state index contributed by atoms with van der Waals surface area (Å²) in [7, 11) is -3.15. The average Bonchev–Trinajstić information content (AvgIpc) is 2.29. The first kappa shape index (κ1) is 16.2. The number of carbonyl (C=O) groups excluding carboxylic acids is 1. The Kier molecular flexibility index (Phi) is 5.61. The van der Waals surface area contributed by atoms with Gasteiger partial charge in [-0.1, -0.05) is 23.2 Å². The van der Waals surface area contributed by atoms with Crippen LogP contribution >= 0.6 is 23.2 Å². The molecule has 1 aromatic rings. The molecular formula is C11H14Cl2N2O3S. The molecule has 1 aromatic carbocycles. The van der Waals surface area contributed by atoms with Crippen molar-refractivity contribution in [1.29, 1.82) is 0 Å². The van der Waals surface area contributed by atoms with Crippen molar-refractivity contribution in [2.24, 2.45) is 5.73 Å². The maximum Gasteiger partial charge on any atom is 0.241 e. The summed E-state index contributed by atoms with van der Waals surface area (Å²) in [6.07, 6.45) is 1.13. The molecule has 5 nitrogen and oxygen atoms in total. The molecule has 0 radical (unpaired) electrons. The number of anilines is 1. The maximum absolute atomic E-state index is 11.8.